The monoisotopic (exact) mass is 259 g/mol. The molecule has 0 saturated carbocycles. The molecule has 17 heavy (non-hydrogen) atoms. The molecule has 6 heteroatoms. The zero-order chi connectivity index (χ0) is 12.6. The first-order valence-corrected chi connectivity index (χ1v) is 6.93. The van der Waals surface area contributed by atoms with Crippen molar-refractivity contribution in [2.45, 2.75) is 11.3 Å². The molecule has 4 nitrogen and oxygen atoms in total. The number of nitrogens with one attached hydrogen (secondary N) is 1. The summed E-state index contributed by atoms with van der Waals surface area (Å²) in [5.41, 5.74) is 0.467. The molecule has 2 atom stereocenters. The molecule has 1 aromatic rings. The van der Waals surface area contributed by atoms with Crippen molar-refractivity contribution < 1.29 is 17.5 Å². The molecule has 1 saturated heterocycles. The molecule has 1 aromatic carbocycles. The third-order valence-electron chi connectivity index (χ3n) is 3.04. The van der Waals surface area contributed by atoms with Crippen molar-refractivity contribution in [1.29, 1.82) is 0 Å². The Morgan fingerprint density at radius 1 is 1.47 bits per heavy atom. The minimum absolute atomic E-state index is 0.0990. The standard InChI is InChI=1S/C11H14FNO3S/c1-13-9-6-17(14,15)11(9)7-3-4-10(16-2)8(12)5-7/h3-5,9,11,13H,6H2,1-2H3. The lowest BCUT2D eigenvalue weighted by molar-refractivity contribution is 0.385. The van der Waals surface area contributed by atoms with Gasteiger partial charge in [-0.2, -0.15) is 0 Å². The van der Waals surface area contributed by atoms with E-state index in [9.17, 15) is 12.8 Å². The minimum atomic E-state index is -3.14. The van der Waals surface area contributed by atoms with Gasteiger partial charge in [-0.3, -0.25) is 0 Å². The first kappa shape index (κ1) is 12.3. The number of hydrogen-bond donors (Lipinski definition) is 1. The van der Waals surface area contributed by atoms with E-state index in [0.29, 0.717) is 5.56 Å². The van der Waals surface area contributed by atoms with Crippen molar-refractivity contribution in [3.63, 3.8) is 0 Å². The molecule has 0 spiro atoms. The fourth-order valence-corrected chi connectivity index (χ4v) is 4.11. The van der Waals surface area contributed by atoms with Gasteiger partial charge in [0.15, 0.2) is 21.4 Å². The predicted molar refractivity (Wildman–Crippen MR) is 62.3 cm³/mol. The van der Waals surface area contributed by atoms with Gasteiger partial charge in [-0.25, -0.2) is 12.8 Å². The van der Waals surface area contributed by atoms with Crippen LogP contribution in [0, 0.1) is 5.82 Å². The number of methoxy groups -OCH3 is 1. The molecular weight excluding hydrogens is 245 g/mol. The summed E-state index contributed by atoms with van der Waals surface area (Å²) in [7, 11) is -0.0727. The van der Waals surface area contributed by atoms with Gasteiger partial charge in [-0.1, -0.05) is 6.07 Å². The van der Waals surface area contributed by atoms with E-state index >= 15 is 0 Å². The molecule has 0 radical (unpaired) electrons. The van der Waals surface area contributed by atoms with Crippen molar-refractivity contribution in [2.75, 3.05) is 19.9 Å². The van der Waals surface area contributed by atoms with Crippen LogP contribution in [0.4, 0.5) is 4.39 Å². The predicted octanol–water partition coefficient (Wildman–Crippen LogP) is 0.892. The average Bonchev–Trinajstić information content (AvgIpc) is 2.26. The molecule has 1 N–H and O–H groups in total. The molecule has 0 aromatic heterocycles. The normalized spacial score (nSPS) is 26.3. The molecule has 1 aliphatic rings. The highest BCUT2D eigenvalue weighted by Gasteiger charge is 2.46. The summed E-state index contributed by atoms with van der Waals surface area (Å²) in [6.45, 7) is 0. The first-order chi connectivity index (χ1) is 7.99. The lowest BCUT2D eigenvalue weighted by atomic mass is 10.1. The Morgan fingerprint density at radius 2 is 2.18 bits per heavy atom. The van der Waals surface area contributed by atoms with Gasteiger partial charge in [-0.05, 0) is 24.7 Å². The number of likely N-dealkylation sites (N-methyl/N-ethyl adjacent to an activating group) is 1. The summed E-state index contributed by atoms with van der Waals surface area (Å²) in [6.07, 6.45) is 0. The Kier molecular flexibility index (Phi) is 3.09. The summed E-state index contributed by atoms with van der Waals surface area (Å²) in [5.74, 6) is -0.324. The van der Waals surface area contributed by atoms with Crippen LogP contribution in [0.2, 0.25) is 0 Å². The number of hydrogen-bond acceptors (Lipinski definition) is 4. The highest BCUT2D eigenvalue weighted by molar-refractivity contribution is 7.93. The number of rotatable bonds is 3. The summed E-state index contributed by atoms with van der Waals surface area (Å²) >= 11 is 0. The Hall–Kier alpha value is -1.14. The molecular formula is C11H14FNO3S. The number of halogens is 1. The molecule has 0 aliphatic carbocycles. The SMILES string of the molecule is CNC1CS(=O)(=O)C1c1ccc(OC)c(F)c1. The molecule has 1 fully saturated rings. The molecule has 0 bridgehead atoms. The van der Waals surface area contributed by atoms with Crippen molar-refractivity contribution in [1.82, 2.24) is 5.32 Å². The number of sulfone groups is 1. The number of benzene rings is 1. The highest BCUT2D eigenvalue weighted by Crippen LogP contribution is 2.37. The maximum atomic E-state index is 13.5. The maximum absolute atomic E-state index is 13.5. The van der Waals surface area contributed by atoms with E-state index in [0.717, 1.165) is 0 Å². The molecule has 0 amide bonds. The van der Waals surface area contributed by atoms with Crippen molar-refractivity contribution >= 4 is 9.84 Å². The molecule has 2 rings (SSSR count). The zero-order valence-electron chi connectivity index (χ0n) is 9.60. The summed E-state index contributed by atoms with van der Waals surface area (Å²) in [4.78, 5) is 0. The van der Waals surface area contributed by atoms with E-state index in [4.69, 9.17) is 4.74 Å². The van der Waals surface area contributed by atoms with Gasteiger partial charge in [0.25, 0.3) is 0 Å². The van der Waals surface area contributed by atoms with Gasteiger partial charge in [0, 0.05) is 6.04 Å². The lowest BCUT2D eigenvalue weighted by Gasteiger charge is -2.36. The van der Waals surface area contributed by atoms with E-state index in [1.165, 1.54) is 19.2 Å². The van der Waals surface area contributed by atoms with E-state index in [1.54, 1.807) is 13.1 Å². The van der Waals surface area contributed by atoms with Gasteiger partial charge in [-0.15, -0.1) is 0 Å². The third kappa shape index (κ3) is 2.02. The van der Waals surface area contributed by atoms with Crippen LogP contribution in [0.3, 0.4) is 0 Å². The molecule has 1 heterocycles. The maximum Gasteiger partial charge on any atom is 0.165 e. The fourth-order valence-electron chi connectivity index (χ4n) is 2.10. The summed E-state index contributed by atoms with van der Waals surface area (Å²) in [6, 6.07) is 4.12. The summed E-state index contributed by atoms with van der Waals surface area (Å²) < 4.78 is 41.6. The third-order valence-corrected chi connectivity index (χ3v) is 5.24. The number of ether oxygens (including phenoxy) is 1. The second kappa shape index (κ2) is 4.27. The zero-order valence-corrected chi connectivity index (χ0v) is 10.4. The van der Waals surface area contributed by atoms with Crippen LogP contribution in [0.5, 0.6) is 5.75 Å². The van der Waals surface area contributed by atoms with E-state index in [-0.39, 0.29) is 17.5 Å². The van der Waals surface area contributed by atoms with Crippen LogP contribution in [0.1, 0.15) is 10.8 Å². The summed E-state index contributed by atoms with van der Waals surface area (Å²) in [5, 5.41) is 2.26. The Morgan fingerprint density at radius 3 is 2.65 bits per heavy atom. The fraction of sp³-hybridized carbons (Fsp3) is 0.455. The van der Waals surface area contributed by atoms with Crippen LogP contribution in [0.25, 0.3) is 0 Å². The smallest absolute Gasteiger partial charge is 0.165 e. The average molecular weight is 259 g/mol. The first-order valence-electron chi connectivity index (χ1n) is 5.22. The molecule has 94 valence electrons. The Balaban J connectivity index is 2.37. The van der Waals surface area contributed by atoms with Gasteiger partial charge in [0.2, 0.25) is 0 Å². The lowest BCUT2D eigenvalue weighted by Crippen LogP contribution is -2.52. The quantitative estimate of drug-likeness (QED) is 0.876. The van der Waals surface area contributed by atoms with E-state index in [1.807, 2.05) is 0 Å². The van der Waals surface area contributed by atoms with Gasteiger partial charge in [0.1, 0.15) is 5.25 Å². The van der Waals surface area contributed by atoms with Gasteiger partial charge < -0.3 is 10.1 Å². The Labute approximate surface area is 99.7 Å². The van der Waals surface area contributed by atoms with Crippen LogP contribution in [-0.2, 0) is 9.84 Å². The van der Waals surface area contributed by atoms with Crippen molar-refractivity contribution in [2.24, 2.45) is 0 Å². The van der Waals surface area contributed by atoms with Gasteiger partial charge in [0.05, 0.1) is 12.9 Å². The largest absolute Gasteiger partial charge is 0.494 e. The van der Waals surface area contributed by atoms with Crippen molar-refractivity contribution in [3.8, 4) is 5.75 Å². The topological polar surface area (TPSA) is 55.4 Å². The van der Waals surface area contributed by atoms with Crippen LogP contribution >= 0.6 is 0 Å². The Bertz CT molecular complexity index is 530. The van der Waals surface area contributed by atoms with Crippen molar-refractivity contribution in [3.05, 3.63) is 29.6 Å². The van der Waals surface area contributed by atoms with Crippen LogP contribution < -0.4 is 10.1 Å². The van der Waals surface area contributed by atoms with Gasteiger partial charge >= 0.3 is 0 Å². The van der Waals surface area contributed by atoms with E-state index < -0.39 is 20.9 Å². The van der Waals surface area contributed by atoms with E-state index in [2.05, 4.69) is 5.32 Å². The molecule has 1 aliphatic heterocycles. The van der Waals surface area contributed by atoms with Crippen LogP contribution in [0.15, 0.2) is 18.2 Å². The minimum Gasteiger partial charge on any atom is -0.494 e. The second-order valence-corrected chi connectivity index (χ2v) is 6.21. The second-order valence-electron chi connectivity index (χ2n) is 4.04. The van der Waals surface area contributed by atoms with Crippen LogP contribution in [-0.4, -0.2) is 34.4 Å². The highest BCUT2D eigenvalue weighted by atomic mass is 32.2. The molecule has 2 unspecified atom stereocenters.